The van der Waals surface area contributed by atoms with Gasteiger partial charge in [0.05, 0.1) is 0 Å². The Kier molecular flexibility index (Phi) is 5.75. The quantitative estimate of drug-likeness (QED) is 0.198. The van der Waals surface area contributed by atoms with Crippen molar-refractivity contribution >= 4 is 35.6 Å². The first-order chi connectivity index (χ1) is 15.1. The van der Waals surface area contributed by atoms with E-state index in [0.717, 1.165) is 0 Å². The number of hydrogen-bond donors (Lipinski definition) is 0. The van der Waals surface area contributed by atoms with E-state index in [1.165, 1.54) is 36.4 Å². The Balaban J connectivity index is 1.95. The second-order valence-electron chi connectivity index (χ2n) is 6.56. The predicted molar refractivity (Wildman–Crippen MR) is 117 cm³/mol. The molecule has 1 unspecified atom stereocenters. The fourth-order valence-corrected chi connectivity index (χ4v) is 6.72. The van der Waals surface area contributed by atoms with E-state index in [2.05, 4.69) is 4.99 Å². The molecule has 1 heterocycles. The molecule has 1 aliphatic rings. The fraction of sp³-hybridized carbons (Fsp3) is 0.0952. The van der Waals surface area contributed by atoms with Crippen LogP contribution < -0.4 is 13.6 Å². The third kappa shape index (κ3) is 4.11. The van der Waals surface area contributed by atoms with Gasteiger partial charge in [-0.05, 0) is 0 Å². The number of alkyl halides is 4. The molecule has 0 aromatic heterocycles. The van der Waals surface area contributed by atoms with Crippen molar-refractivity contribution in [2.45, 2.75) is 11.4 Å². The zero-order chi connectivity index (χ0) is 22.9. The van der Waals surface area contributed by atoms with Gasteiger partial charge >= 0.3 is 191 Å². The van der Waals surface area contributed by atoms with E-state index in [4.69, 9.17) is 41.3 Å². The Morgan fingerprint density at radius 1 is 0.719 bits per heavy atom. The third-order valence-corrected chi connectivity index (χ3v) is 8.44. The van der Waals surface area contributed by atoms with Crippen molar-refractivity contribution in [2.75, 3.05) is 0 Å². The van der Waals surface area contributed by atoms with E-state index in [0.29, 0.717) is 0 Å². The molecule has 0 bridgehead atoms. The standard InChI is InChI=1S/C21H15Cl2F3NO4P/c22-19-27-20(23,21(24,25)26)31-32(19,28-16-10-4-1-5-11-16,29-17-12-6-2-7-13-17)30-18-14-8-3-9-15-18/h1-15H. The maximum atomic E-state index is 13.9. The van der Waals surface area contributed by atoms with Gasteiger partial charge < -0.3 is 0 Å². The van der Waals surface area contributed by atoms with Gasteiger partial charge in [0, 0.05) is 0 Å². The van der Waals surface area contributed by atoms with Gasteiger partial charge in [0.25, 0.3) is 0 Å². The molecule has 0 saturated heterocycles. The summed E-state index contributed by atoms with van der Waals surface area (Å²) in [6.45, 7) is 0. The molecule has 1 aliphatic heterocycles. The molecule has 0 amide bonds. The van der Waals surface area contributed by atoms with E-state index < -0.39 is 23.8 Å². The minimum atomic E-state index is -5.61. The Hall–Kier alpha value is -2.51. The van der Waals surface area contributed by atoms with Crippen LogP contribution in [0.5, 0.6) is 17.2 Å². The molecule has 5 nitrogen and oxygen atoms in total. The van der Waals surface area contributed by atoms with Crippen molar-refractivity contribution in [3.05, 3.63) is 91.0 Å². The molecule has 1 atom stereocenters. The summed E-state index contributed by atoms with van der Waals surface area (Å²) in [5, 5.41) is -3.60. The normalized spacial score (nSPS) is 22.8. The first-order valence-electron chi connectivity index (χ1n) is 9.14. The summed E-state index contributed by atoms with van der Waals surface area (Å²) in [5.74, 6) is 0.190. The molecule has 168 valence electrons. The molecular weight excluding hydrogens is 489 g/mol. The van der Waals surface area contributed by atoms with Crippen LogP contribution in [0.15, 0.2) is 96.0 Å². The van der Waals surface area contributed by atoms with Crippen molar-refractivity contribution in [1.29, 1.82) is 0 Å². The number of rotatable bonds is 6. The molecule has 0 N–H and O–H groups in total. The molecule has 3 aromatic rings. The van der Waals surface area contributed by atoms with E-state index in [9.17, 15) is 13.2 Å². The Bertz CT molecular complexity index is 1020. The van der Waals surface area contributed by atoms with Crippen LogP contribution in [-0.2, 0) is 4.52 Å². The zero-order valence-corrected chi connectivity index (χ0v) is 18.5. The van der Waals surface area contributed by atoms with E-state index in [1.807, 2.05) is 0 Å². The number of para-hydroxylation sites is 3. The van der Waals surface area contributed by atoms with Crippen molar-refractivity contribution in [2.24, 2.45) is 4.99 Å². The average molecular weight is 504 g/mol. The molecule has 11 heteroatoms. The van der Waals surface area contributed by atoms with Crippen molar-refractivity contribution < 1.29 is 31.3 Å². The Morgan fingerprint density at radius 2 is 1.06 bits per heavy atom. The Labute approximate surface area is 191 Å². The van der Waals surface area contributed by atoms with Gasteiger partial charge in [-0.3, -0.25) is 0 Å². The van der Waals surface area contributed by atoms with Gasteiger partial charge in [-0.25, -0.2) is 0 Å². The third-order valence-electron chi connectivity index (χ3n) is 4.18. The van der Waals surface area contributed by atoms with Gasteiger partial charge in [0.15, 0.2) is 0 Å². The molecule has 0 aliphatic carbocycles. The first-order valence-corrected chi connectivity index (χ1v) is 11.8. The summed E-state index contributed by atoms with van der Waals surface area (Å²) in [6.07, 6.45) is -5.17. The maximum absolute atomic E-state index is 13.9. The zero-order valence-electron chi connectivity index (χ0n) is 16.1. The molecule has 4 rings (SSSR count). The molecule has 0 fully saturated rings. The van der Waals surface area contributed by atoms with E-state index >= 15 is 0 Å². The second kappa shape index (κ2) is 8.12. The summed E-state index contributed by atoms with van der Waals surface area (Å²) in [5.41, 5.74) is 0. The summed E-state index contributed by atoms with van der Waals surface area (Å²) in [6, 6.07) is 23.6. The second-order valence-corrected chi connectivity index (χ2v) is 10.5. The molecule has 0 saturated carbocycles. The molecular formula is C21H15Cl2F3NO4P. The molecule has 0 radical (unpaired) electrons. The Morgan fingerprint density at radius 3 is 1.34 bits per heavy atom. The van der Waals surface area contributed by atoms with Crippen molar-refractivity contribution in [1.82, 2.24) is 0 Å². The minimum absolute atomic E-state index is 0.0634. The summed E-state index contributed by atoms with van der Waals surface area (Å²) < 4.78 is 65.0. The van der Waals surface area contributed by atoms with Crippen LogP contribution in [0.4, 0.5) is 13.2 Å². The number of benzene rings is 3. The summed E-state index contributed by atoms with van der Waals surface area (Å²) >= 11 is 12.1. The first kappa shape index (κ1) is 22.7. The fourth-order valence-electron chi connectivity index (χ4n) is 2.80. The summed E-state index contributed by atoms with van der Waals surface area (Å²) in [4.78, 5) is 2.56. The van der Waals surface area contributed by atoms with E-state index in [1.54, 1.807) is 54.6 Å². The van der Waals surface area contributed by atoms with Crippen LogP contribution in [0.2, 0.25) is 0 Å². The van der Waals surface area contributed by atoms with Gasteiger partial charge in [0.1, 0.15) is 0 Å². The van der Waals surface area contributed by atoms with Gasteiger partial charge in [-0.1, -0.05) is 0 Å². The van der Waals surface area contributed by atoms with Crippen LogP contribution in [0, 0.1) is 0 Å². The topological polar surface area (TPSA) is 49.3 Å². The monoisotopic (exact) mass is 503 g/mol. The number of nitrogens with zero attached hydrogens (tertiary/aromatic N) is 1. The van der Waals surface area contributed by atoms with Crippen LogP contribution in [0.1, 0.15) is 0 Å². The van der Waals surface area contributed by atoms with Gasteiger partial charge in [-0.2, -0.15) is 0 Å². The van der Waals surface area contributed by atoms with Gasteiger partial charge in [0.2, 0.25) is 0 Å². The molecule has 32 heavy (non-hydrogen) atoms. The van der Waals surface area contributed by atoms with Crippen LogP contribution in [0.25, 0.3) is 0 Å². The number of halogens is 5. The SMILES string of the molecule is FC(F)(F)C1(Cl)N=C(Cl)P(Oc2ccccc2)(Oc2ccccc2)(Oc2ccccc2)O1. The van der Waals surface area contributed by atoms with Crippen LogP contribution in [-0.4, -0.2) is 16.3 Å². The number of hydrogen-bond acceptors (Lipinski definition) is 5. The van der Waals surface area contributed by atoms with Crippen molar-refractivity contribution in [3.63, 3.8) is 0 Å². The molecule has 0 spiro atoms. The average Bonchev–Trinajstić information content (AvgIpc) is 2.97. The van der Waals surface area contributed by atoms with E-state index in [-0.39, 0.29) is 17.2 Å². The van der Waals surface area contributed by atoms with Crippen molar-refractivity contribution in [3.8, 4) is 17.2 Å². The molecule has 3 aromatic carbocycles. The predicted octanol–water partition coefficient (Wildman–Crippen LogP) is 7.52. The van der Waals surface area contributed by atoms with Crippen LogP contribution in [0.3, 0.4) is 0 Å². The number of aliphatic imine (C=N–C) groups is 1. The van der Waals surface area contributed by atoms with Gasteiger partial charge in [-0.15, -0.1) is 0 Å². The summed E-state index contributed by atoms with van der Waals surface area (Å²) in [7, 11) is -5.61. The van der Waals surface area contributed by atoms with Crippen LogP contribution >= 0.6 is 30.7 Å².